The van der Waals surface area contributed by atoms with Gasteiger partial charge in [0, 0.05) is 11.6 Å². The Balaban J connectivity index is 2.09. The van der Waals surface area contributed by atoms with Crippen LogP contribution in [-0.4, -0.2) is 0 Å². The highest BCUT2D eigenvalue weighted by Gasteiger charge is 2.01. The average Bonchev–Trinajstić information content (AvgIpc) is 2.38. The molecule has 0 saturated heterocycles. The van der Waals surface area contributed by atoms with Gasteiger partial charge in [0.2, 0.25) is 0 Å². The van der Waals surface area contributed by atoms with E-state index in [0.717, 1.165) is 11.3 Å². The van der Waals surface area contributed by atoms with Crippen LogP contribution < -0.4 is 5.32 Å². The molecule has 90 valence electrons. The lowest BCUT2D eigenvalue weighted by Gasteiger charge is -2.08. The summed E-state index contributed by atoms with van der Waals surface area (Å²) in [6, 6.07) is 14.9. The van der Waals surface area contributed by atoms with E-state index in [2.05, 4.69) is 11.4 Å². The van der Waals surface area contributed by atoms with Crippen LogP contribution in [0.15, 0.2) is 42.5 Å². The number of hydrogen-bond donors (Lipinski definition) is 1. The van der Waals surface area contributed by atoms with Crippen molar-refractivity contribution in [1.82, 2.24) is 0 Å². The topological polar surface area (TPSA) is 35.8 Å². The normalized spacial score (nSPS) is 9.83. The molecule has 0 aliphatic rings. The Morgan fingerprint density at radius 2 is 1.94 bits per heavy atom. The molecule has 2 rings (SSSR count). The monoisotopic (exact) mass is 276 g/mol. The van der Waals surface area contributed by atoms with Crippen molar-refractivity contribution >= 4 is 28.9 Å². The minimum absolute atomic E-state index is 0.582. The molecule has 0 radical (unpaired) electrons. The Bertz CT molecular complexity index is 603. The van der Waals surface area contributed by atoms with Crippen LogP contribution in [0.25, 0.3) is 0 Å². The summed E-state index contributed by atoms with van der Waals surface area (Å²) in [5, 5.41) is 13.2. The summed E-state index contributed by atoms with van der Waals surface area (Å²) in [6.07, 6.45) is 0. The first-order chi connectivity index (χ1) is 8.69. The molecular weight excluding hydrogens is 267 g/mol. The predicted octanol–water partition coefficient (Wildman–Crippen LogP) is 4.48. The Hall–Kier alpha value is -1.69. The Morgan fingerprint density at radius 1 is 1.11 bits per heavy atom. The first-order valence-corrected chi connectivity index (χ1v) is 6.12. The van der Waals surface area contributed by atoms with E-state index in [-0.39, 0.29) is 0 Å². The molecule has 0 unspecified atom stereocenters. The summed E-state index contributed by atoms with van der Waals surface area (Å²) in [6.45, 7) is 0.608. The highest BCUT2D eigenvalue weighted by Crippen LogP contribution is 2.25. The molecule has 1 N–H and O–H groups in total. The standard InChI is InChI=1S/C14H10Cl2N2/c15-12-4-5-14(13(16)7-12)18-9-11-3-1-2-10(6-11)8-17/h1-7,18H,9H2. The average molecular weight is 277 g/mol. The van der Waals surface area contributed by atoms with Gasteiger partial charge in [-0.15, -0.1) is 0 Å². The number of anilines is 1. The molecule has 0 atom stereocenters. The largest absolute Gasteiger partial charge is 0.380 e. The number of benzene rings is 2. The zero-order chi connectivity index (χ0) is 13.0. The van der Waals surface area contributed by atoms with E-state index in [4.69, 9.17) is 28.5 Å². The molecule has 2 aromatic carbocycles. The highest BCUT2D eigenvalue weighted by atomic mass is 35.5. The van der Waals surface area contributed by atoms with Crippen molar-refractivity contribution in [1.29, 1.82) is 5.26 Å². The lowest BCUT2D eigenvalue weighted by Crippen LogP contribution is -2.00. The van der Waals surface area contributed by atoms with Crippen LogP contribution in [-0.2, 0) is 6.54 Å². The molecule has 0 heterocycles. The molecule has 18 heavy (non-hydrogen) atoms. The first kappa shape index (κ1) is 12.8. The minimum atomic E-state index is 0.582. The van der Waals surface area contributed by atoms with Crippen molar-refractivity contribution in [3.8, 4) is 6.07 Å². The van der Waals surface area contributed by atoms with Gasteiger partial charge < -0.3 is 5.32 Å². The molecule has 0 spiro atoms. The zero-order valence-electron chi connectivity index (χ0n) is 9.45. The molecular formula is C14H10Cl2N2. The van der Waals surface area contributed by atoms with E-state index < -0.39 is 0 Å². The van der Waals surface area contributed by atoms with Gasteiger partial charge in [-0.2, -0.15) is 5.26 Å². The Kier molecular flexibility index (Phi) is 4.09. The molecule has 0 fully saturated rings. The molecule has 0 aliphatic carbocycles. The summed E-state index contributed by atoms with van der Waals surface area (Å²) in [5.74, 6) is 0. The predicted molar refractivity (Wildman–Crippen MR) is 74.9 cm³/mol. The van der Waals surface area contributed by atoms with Gasteiger partial charge in [-0.25, -0.2) is 0 Å². The summed E-state index contributed by atoms with van der Waals surface area (Å²) in [7, 11) is 0. The smallest absolute Gasteiger partial charge is 0.0991 e. The number of nitrogens with one attached hydrogen (secondary N) is 1. The maximum Gasteiger partial charge on any atom is 0.0991 e. The summed E-state index contributed by atoms with van der Waals surface area (Å²) < 4.78 is 0. The number of nitrogens with zero attached hydrogens (tertiary/aromatic N) is 1. The van der Waals surface area contributed by atoms with E-state index in [1.165, 1.54) is 0 Å². The second-order valence-electron chi connectivity index (χ2n) is 3.79. The van der Waals surface area contributed by atoms with Gasteiger partial charge in [-0.1, -0.05) is 35.3 Å². The quantitative estimate of drug-likeness (QED) is 0.898. The van der Waals surface area contributed by atoms with Gasteiger partial charge >= 0.3 is 0 Å². The van der Waals surface area contributed by atoms with Crippen molar-refractivity contribution in [3.63, 3.8) is 0 Å². The van der Waals surface area contributed by atoms with Gasteiger partial charge in [-0.3, -0.25) is 0 Å². The third-order valence-corrected chi connectivity index (χ3v) is 3.02. The van der Waals surface area contributed by atoms with E-state index in [1.807, 2.05) is 24.3 Å². The van der Waals surface area contributed by atoms with Crippen LogP contribution in [0, 0.1) is 11.3 Å². The van der Waals surface area contributed by atoms with Crippen molar-refractivity contribution < 1.29 is 0 Å². The molecule has 0 aromatic heterocycles. The molecule has 2 nitrogen and oxygen atoms in total. The summed E-state index contributed by atoms with van der Waals surface area (Å²) in [5.41, 5.74) is 2.50. The number of rotatable bonds is 3. The molecule has 0 aliphatic heterocycles. The molecule has 0 amide bonds. The highest BCUT2D eigenvalue weighted by molar-refractivity contribution is 6.36. The van der Waals surface area contributed by atoms with Crippen LogP contribution in [0.5, 0.6) is 0 Å². The van der Waals surface area contributed by atoms with Crippen LogP contribution in [0.1, 0.15) is 11.1 Å². The van der Waals surface area contributed by atoms with Crippen molar-refractivity contribution in [2.45, 2.75) is 6.54 Å². The maximum atomic E-state index is 8.82. The van der Waals surface area contributed by atoms with Crippen molar-refractivity contribution in [2.75, 3.05) is 5.32 Å². The second-order valence-corrected chi connectivity index (χ2v) is 4.63. The minimum Gasteiger partial charge on any atom is -0.380 e. The Labute approximate surface area is 116 Å². The Morgan fingerprint density at radius 3 is 2.67 bits per heavy atom. The molecule has 2 aromatic rings. The number of nitriles is 1. The van der Waals surface area contributed by atoms with E-state index in [0.29, 0.717) is 22.2 Å². The first-order valence-electron chi connectivity index (χ1n) is 5.37. The molecule has 4 heteroatoms. The van der Waals surface area contributed by atoms with E-state index in [1.54, 1.807) is 18.2 Å². The maximum absolute atomic E-state index is 8.82. The van der Waals surface area contributed by atoms with Gasteiger partial charge in [0.15, 0.2) is 0 Å². The fraction of sp³-hybridized carbons (Fsp3) is 0.0714. The van der Waals surface area contributed by atoms with E-state index >= 15 is 0 Å². The van der Waals surface area contributed by atoms with E-state index in [9.17, 15) is 0 Å². The fourth-order valence-corrected chi connectivity index (χ4v) is 2.06. The fourth-order valence-electron chi connectivity index (χ4n) is 1.58. The molecule has 0 saturated carbocycles. The van der Waals surface area contributed by atoms with Crippen LogP contribution in [0.2, 0.25) is 10.0 Å². The van der Waals surface area contributed by atoms with Crippen LogP contribution in [0.3, 0.4) is 0 Å². The van der Waals surface area contributed by atoms with Gasteiger partial charge in [0.25, 0.3) is 0 Å². The van der Waals surface area contributed by atoms with Crippen LogP contribution in [0.4, 0.5) is 5.69 Å². The number of hydrogen-bond acceptors (Lipinski definition) is 2. The lowest BCUT2D eigenvalue weighted by atomic mass is 10.1. The second kappa shape index (κ2) is 5.77. The van der Waals surface area contributed by atoms with Crippen molar-refractivity contribution in [3.05, 3.63) is 63.6 Å². The third kappa shape index (κ3) is 3.16. The number of halogens is 2. The summed E-state index contributed by atoms with van der Waals surface area (Å²) >= 11 is 11.9. The zero-order valence-corrected chi connectivity index (χ0v) is 11.0. The summed E-state index contributed by atoms with van der Waals surface area (Å²) in [4.78, 5) is 0. The van der Waals surface area contributed by atoms with Gasteiger partial charge in [0.1, 0.15) is 0 Å². The van der Waals surface area contributed by atoms with Crippen molar-refractivity contribution in [2.24, 2.45) is 0 Å². The third-order valence-electron chi connectivity index (χ3n) is 2.47. The lowest BCUT2D eigenvalue weighted by molar-refractivity contribution is 1.15. The SMILES string of the molecule is N#Cc1cccc(CNc2ccc(Cl)cc2Cl)c1. The molecule has 0 bridgehead atoms. The van der Waals surface area contributed by atoms with Gasteiger partial charge in [-0.05, 0) is 35.9 Å². The van der Waals surface area contributed by atoms with Crippen LogP contribution >= 0.6 is 23.2 Å². The van der Waals surface area contributed by atoms with Gasteiger partial charge in [0.05, 0.1) is 22.3 Å².